The zero-order valence-electron chi connectivity index (χ0n) is 8.53. The Bertz CT molecular complexity index is 790. The molecular formula is C12H3Br5O. The van der Waals surface area contributed by atoms with Gasteiger partial charge in [0.15, 0.2) is 11.2 Å². The van der Waals surface area contributed by atoms with Gasteiger partial charge in [0.25, 0.3) is 0 Å². The van der Waals surface area contributed by atoms with E-state index in [1.807, 2.05) is 18.2 Å². The van der Waals surface area contributed by atoms with Crippen LogP contribution in [0.3, 0.4) is 0 Å². The molecular weight excluding hydrogens is 560 g/mol. The molecule has 1 heterocycles. The normalized spacial score (nSPS) is 11.6. The van der Waals surface area contributed by atoms with Crippen molar-refractivity contribution in [1.29, 1.82) is 0 Å². The van der Waals surface area contributed by atoms with Crippen LogP contribution in [0.25, 0.3) is 21.9 Å². The largest absolute Gasteiger partial charge is 0.454 e. The number of halogens is 5. The van der Waals surface area contributed by atoms with Gasteiger partial charge in [-0.3, -0.25) is 0 Å². The van der Waals surface area contributed by atoms with Crippen LogP contribution in [-0.4, -0.2) is 0 Å². The van der Waals surface area contributed by atoms with Crippen molar-refractivity contribution >= 4 is 102 Å². The van der Waals surface area contributed by atoms with Crippen LogP contribution < -0.4 is 0 Å². The highest BCUT2D eigenvalue weighted by molar-refractivity contribution is 9.13. The second-order valence-electron chi connectivity index (χ2n) is 3.69. The summed E-state index contributed by atoms with van der Waals surface area (Å²) in [7, 11) is 0. The molecule has 3 rings (SSSR count). The summed E-state index contributed by atoms with van der Waals surface area (Å²) in [4.78, 5) is 0. The van der Waals surface area contributed by atoms with Crippen LogP contribution in [0.1, 0.15) is 0 Å². The van der Waals surface area contributed by atoms with Crippen molar-refractivity contribution in [3.05, 3.63) is 40.6 Å². The van der Waals surface area contributed by atoms with Crippen LogP contribution in [0.15, 0.2) is 45.0 Å². The van der Waals surface area contributed by atoms with Gasteiger partial charge in [-0.25, -0.2) is 0 Å². The third kappa shape index (κ3) is 1.95. The predicted molar refractivity (Wildman–Crippen MR) is 92.2 cm³/mol. The summed E-state index contributed by atoms with van der Waals surface area (Å²) in [5.41, 5.74) is 1.65. The Morgan fingerprint density at radius 2 is 1.28 bits per heavy atom. The number of rotatable bonds is 0. The topological polar surface area (TPSA) is 13.1 Å². The van der Waals surface area contributed by atoms with Crippen LogP contribution in [0, 0.1) is 0 Å². The fourth-order valence-electron chi connectivity index (χ4n) is 1.87. The lowest BCUT2D eigenvalue weighted by atomic mass is 10.1. The lowest BCUT2D eigenvalue weighted by molar-refractivity contribution is 0.664. The molecule has 0 saturated heterocycles. The minimum absolute atomic E-state index is 0.818. The molecule has 0 aliphatic heterocycles. The zero-order valence-corrected chi connectivity index (χ0v) is 16.5. The molecule has 0 bridgehead atoms. The Kier molecular flexibility index (Phi) is 3.69. The highest BCUT2D eigenvalue weighted by Crippen LogP contribution is 2.45. The van der Waals surface area contributed by atoms with Gasteiger partial charge in [0.1, 0.15) is 0 Å². The van der Waals surface area contributed by atoms with Crippen LogP contribution in [0.2, 0.25) is 0 Å². The molecule has 0 spiro atoms. The zero-order chi connectivity index (χ0) is 13.0. The van der Waals surface area contributed by atoms with Gasteiger partial charge in [-0.15, -0.1) is 0 Å². The molecule has 18 heavy (non-hydrogen) atoms. The van der Waals surface area contributed by atoms with Crippen molar-refractivity contribution in [3.63, 3.8) is 0 Å². The molecule has 1 aromatic heterocycles. The summed E-state index contributed by atoms with van der Waals surface area (Å²) in [5, 5.41) is 2.10. The smallest absolute Gasteiger partial charge is 0.151 e. The van der Waals surface area contributed by atoms with Crippen molar-refractivity contribution in [2.24, 2.45) is 0 Å². The minimum Gasteiger partial charge on any atom is -0.454 e. The molecule has 0 amide bonds. The lowest BCUT2D eigenvalue weighted by Gasteiger charge is -2.00. The lowest BCUT2D eigenvalue weighted by Crippen LogP contribution is -1.76. The second kappa shape index (κ2) is 4.88. The van der Waals surface area contributed by atoms with E-state index in [1.54, 1.807) is 0 Å². The highest BCUT2D eigenvalue weighted by atomic mass is 79.9. The average molecular weight is 563 g/mol. The van der Waals surface area contributed by atoms with Gasteiger partial charge in [0.2, 0.25) is 0 Å². The molecule has 0 aliphatic rings. The summed E-state index contributed by atoms with van der Waals surface area (Å²) in [6.45, 7) is 0. The summed E-state index contributed by atoms with van der Waals surface area (Å²) in [6, 6.07) is 5.98. The Morgan fingerprint density at radius 3 is 2.00 bits per heavy atom. The van der Waals surface area contributed by atoms with Crippen molar-refractivity contribution in [2.45, 2.75) is 0 Å². The van der Waals surface area contributed by atoms with Crippen molar-refractivity contribution in [1.82, 2.24) is 0 Å². The van der Waals surface area contributed by atoms with E-state index >= 15 is 0 Å². The van der Waals surface area contributed by atoms with Crippen molar-refractivity contribution < 1.29 is 4.42 Å². The first kappa shape index (κ1) is 13.6. The molecule has 0 aliphatic carbocycles. The molecule has 1 nitrogen and oxygen atoms in total. The van der Waals surface area contributed by atoms with Crippen molar-refractivity contribution in [3.8, 4) is 0 Å². The number of fused-ring (bicyclic) bond motifs is 3. The van der Waals surface area contributed by atoms with Gasteiger partial charge in [-0.1, -0.05) is 15.9 Å². The van der Waals surface area contributed by atoms with E-state index in [9.17, 15) is 0 Å². The first-order chi connectivity index (χ1) is 8.50. The SMILES string of the molecule is Brc1cc(Br)c2c(oc3c(Br)ccc(Br)c32)c1Br. The molecule has 0 N–H and O–H groups in total. The Balaban J connectivity index is 2.69. The van der Waals surface area contributed by atoms with E-state index < -0.39 is 0 Å². The molecule has 0 fully saturated rings. The summed E-state index contributed by atoms with van der Waals surface area (Å²) in [6.07, 6.45) is 0. The first-order valence-electron chi connectivity index (χ1n) is 4.84. The number of hydrogen-bond donors (Lipinski definition) is 0. The molecule has 6 heteroatoms. The van der Waals surface area contributed by atoms with Crippen LogP contribution in [0.4, 0.5) is 0 Å². The maximum atomic E-state index is 5.97. The molecule has 0 saturated carbocycles. The molecule has 92 valence electrons. The standard InChI is InChI=1S/C12H3Br5O/c13-4-1-2-5(14)11-8(4)9-6(15)3-7(16)10(17)12(9)18-11/h1-3H. The maximum absolute atomic E-state index is 5.97. The summed E-state index contributed by atoms with van der Waals surface area (Å²) >= 11 is 17.7. The van der Waals surface area contributed by atoms with Crippen LogP contribution in [-0.2, 0) is 0 Å². The molecule has 3 aromatic rings. The monoisotopic (exact) mass is 558 g/mol. The van der Waals surface area contributed by atoms with Crippen LogP contribution >= 0.6 is 79.6 Å². The van der Waals surface area contributed by atoms with Gasteiger partial charge < -0.3 is 4.42 Å². The van der Waals surface area contributed by atoms with Gasteiger partial charge in [-0.05, 0) is 81.9 Å². The van der Waals surface area contributed by atoms with Gasteiger partial charge in [-0.2, -0.15) is 0 Å². The number of furan rings is 1. The quantitative estimate of drug-likeness (QED) is 0.260. The molecule has 2 aromatic carbocycles. The summed E-state index contributed by atoms with van der Waals surface area (Å²) < 4.78 is 10.8. The van der Waals surface area contributed by atoms with Crippen molar-refractivity contribution in [2.75, 3.05) is 0 Å². The molecule has 0 atom stereocenters. The molecule has 0 radical (unpaired) electrons. The fourth-order valence-corrected chi connectivity index (χ4v) is 4.51. The van der Waals surface area contributed by atoms with E-state index in [0.29, 0.717) is 0 Å². The second-order valence-corrected chi connectivity index (χ2v) is 7.90. The Hall–Kier alpha value is 0.640. The minimum atomic E-state index is 0.818. The highest BCUT2D eigenvalue weighted by Gasteiger charge is 2.18. The van der Waals surface area contributed by atoms with E-state index in [2.05, 4.69) is 79.6 Å². The fraction of sp³-hybridized carbons (Fsp3) is 0. The number of hydrogen-bond acceptors (Lipinski definition) is 1. The maximum Gasteiger partial charge on any atom is 0.151 e. The first-order valence-corrected chi connectivity index (χ1v) is 8.81. The third-order valence-electron chi connectivity index (χ3n) is 2.64. The van der Waals surface area contributed by atoms with Gasteiger partial charge in [0.05, 0.1) is 8.95 Å². The van der Waals surface area contributed by atoms with Crippen LogP contribution in [0.5, 0.6) is 0 Å². The van der Waals surface area contributed by atoms with E-state index in [1.165, 1.54) is 0 Å². The predicted octanol–water partition coefficient (Wildman–Crippen LogP) is 7.40. The van der Waals surface area contributed by atoms with Gasteiger partial charge >= 0.3 is 0 Å². The molecule has 0 unspecified atom stereocenters. The third-order valence-corrected chi connectivity index (χ3v) is 6.50. The van der Waals surface area contributed by atoms with E-state index in [-0.39, 0.29) is 0 Å². The summed E-state index contributed by atoms with van der Waals surface area (Å²) in [5.74, 6) is 0. The van der Waals surface area contributed by atoms with E-state index in [4.69, 9.17) is 4.42 Å². The number of benzene rings is 2. The Labute approximate surface area is 145 Å². The van der Waals surface area contributed by atoms with Gasteiger partial charge in [0, 0.05) is 24.2 Å². The van der Waals surface area contributed by atoms with E-state index in [0.717, 1.165) is 44.3 Å². The average Bonchev–Trinajstić information content (AvgIpc) is 2.73. The Morgan fingerprint density at radius 1 is 0.667 bits per heavy atom.